The molecule has 4 heteroatoms. The Morgan fingerprint density at radius 1 is 0.842 bits per heavy atom. The highest BCUT2D eigenvalue weighted by molar-refractivity contribution is 5.94. The van der Waals surface area contributed by atoms with Crippen molar-refractivity contribution in [1.82, 2.24) is 9.80 Å². The van der Waals surface area contributed by atoms with E-state index in [0.717, 1.165) is 44.6 Å². The number of carbonyl (C=O) groups excluding carboxylic acids is 1. The van der Waals surface area contributed by atoms with Gasteiger partial charge in [0.25, 0.3) is 5.91 Å². The maximum absolute atomic E-state index is 13.9. The van der Waals surface area contributed by atoms with Crippen molar-refractivity contribution < 1.29 is 4.79 Å². The summed E-state index contributed by atoms with van der Waals surface area (Å²) in [4.78, 5) is 20.9. The molecule has 2 atom stereocenters. The van der Waals surface area contributed by atoms with Crippen LogP contribution in [0.4, 0.5) is 5.69 Å². The summed E-state index contributed by atoms with van der Waals surface area (Å²) >= 11 is 0. The molecule has 0 N–H and O–H groups in total. The van der Waals surface area contributed by atoms with Crippen molar-refractivity contribution in [3.8, 4) is 0 Å². The number of anilines is 1. The molecule has 2 aliphatic rings. The van der Waals surface area contributed by atoms with Crippen molar-refractivity contribution in [2.75, 3.05) is 38.6 Å². The second-order valence-corrected chi connectivity index (χ2v) is 11.6. The minimum atomic E-state index is 0.207. The lowest BCUT2D eigenvalue weighted by atomic mass is 9.85. The number of hydrogen-bond donors (Lipinski definition) is 0. The first-order valence-electron chi connectivity index (χ1n) is 14.4. The predicted octanol–water partition coefficient (Wildman–Crippen LogP) is 6.75. The molecule has 1 amide bonds. The van der Waals surface area contributed by atoms with Crippen LogP contribution in [-0.4, -0.2) is 55.5 Å². The number of rotatable bonds is 8. The Labute approximate surface area is 229 Å². The maximum Gasteiger partial charge on any atom is 0.254 e. The second kappa shape index (κ2) is 12.2. The van der Waals surface area contributed by atoms with Gasteiger partial charge in [-0.15, -0.1) is 0 Å². The molecule has 1 aliphatic heterocycles. The van der Waals surface area contributed by atoms with E-state index in [0.29, 0.717) is 17.9 Å². The first-order valence-corrected chi connectivity index (χ1v) is 14.4. The number of benzene rings is 3. The van der Waals surface area contributed by atoms with E-state index >= 15 is 0 Å². The molecule has 0 bridgehead atoms. The number of carbonyl (C=O) groups is 1. The summed E-state index contributed by atoms with van der Waals surface area (Å²) < 4.78 is 0. The summed E-state index contributed by atoms with van der Waals surface area (Å²) in [7, 11) is 4.17. The molecule has 0 radical (unpaired) electrons. The van der Waals surface area contributed by atoms with Gasteiger partial charge in [-0.1, -0.05) is 73.9 Å². The Kier molecular flexibility index (Phi) is 8.48. The molecule has 0 aromatic heterocycles. The zero-order valence-corrected chi connectivity index (χ0v) is 23.4. The Hall–Kier alpha value is -3.11. The van der Waals surface area contributed by atoms with Crippen molar-refractivity contribution in [2.24, 2.45) is 5.92 Å². The van der Waals surface area contributed by atoms with E-state index < -0.39 is 0 Å². The third-order valence-corrected chi connectivity index (χ3v) is 8.69. The SMILES string of the molecule is Cc1ccccc1[C@H]1CN(Cc2ccc(N(C)C)cc2)C[C@@H]1CN(C(=O)c1ccccc1)C1CCCCC1. The van der Waals surface area contributed by atoms with E-state index in [9.17, 15) is 4.79 Å². The van der Waals surface area contributed by atoms with Crippen LogP contribution in [0.25, 0.3) is 0 Å². The van der Waals surface area contributed by atoms with Crippen molar-refractivity contribution in [2.45, 2.75) is 57.5 Å². The van der Waals surface area contributed by atoms with Crippen LogP contribution >= 0.6 is 0 Å². The first-order chi connectivity index (χ1) is 18.5. The summed E-state index contributed by atoms with van der Waals surface area (Å²) in [5.41, 5.74) is 6.20. The van der Waals surface area contributed by atoms with Crippen molar-refractivity contribution in [3.05, 3.63) is 101 Å². The normalized spacial score (nSPS) is 20.4. The second-order valence-electron chi connectivity index (χ2n) is 11.6. The lowest BCUT2D eigenvalue weighted by Gasteiger charge is -2.37. The van der Waals surface area contributed by atoms with Crippen LogP contribution in [0.2, 0.25) is 0 Å². The third-order valence-electron chi connectivity index (χ3n) is 8.69. The Morgan fingerprint density at radius 3 is 2.21 bits per heavy atom. The van der Waals surface area contributed by atoms with Crippen LogP contribution in [0.15, 0.2) is 78.9 Å². The summed E-state index contributed by atoms with van der Waals surface area (Å²) in [6.45, 7) is 6.06. The molecule has 5 rings (SSSR count). The Balaban J connectivity index is 1.40. The average molecular weight is 510 g/mol. The first kappa shape index (κ1) is 26.5. The van der Waals surface area contributed by atoms with Gasteiger partial charge in [-0.3, -0.25) is 9.69 Å². The molecule has 200 valence electrons. The van der Waals surface area contributed by atoms with Crippen LogP contribution in [0.3, 0.4) is 0 Å². The van der Waals surface area contributed by atoms with Gasteiger partial charge in [0.15, 0.2) is 0 Å². The molecular formula is C34H43N3O. The molecule has 1 saturated heterocycles. The van der Waals surface area contributed by atoms with E-state index in [2.05, 4.69) is 84.2 Å². The number of amides is 1. The fourth-order valence-electron chi connectivity index (χ4n) is 6.58. The highest BCUT2D eigenvalue weighted by Crippen LogP contribution is 2.37. The third kappa shape index (κ3) is 6.13. The van der Waals surface area contributed by atoms with E-state index in [4.69, 9.17) is 0 Å². The number of nitrogens with zero attached hydrogens (tertiary/aromatic N) is 3. The molecular weight excluding hydrogens is 466 g/mol. The molecule has 38 heavy (non-hydrogen) atoms. The Bertz CT molecular complexity index is 1180. The smallest absolute Gasteiger partial charge is 0.254 e. The Morgan fingerprint density at radius 2 is 1.53 bits per heavy atom. The van der Waals surface area contributed by atoms with Gasteiger partial charge in [-0.2, -0.15) is 0 Å². The van der Waals surface area contributed by atoms with Gasteiger partial charge in [0, 0.05) is 63.5 Å². The fourth-order valence-corrected chi connectivity index (χ4v) is 6.58. The van der Waals surface area contributed by atoms with Crippen LogP contribution in [0.5, 0.6) is 0 Å². The van der Waals surface area contributed by atoms with Gasteiger partial charge in [0.05, 0.1) is 0 Å². The zero-order chi connectivity index (χ0) is 26.5. The van der Waals surface area contributed by atoms with Gasteiger partial charge in [-0.25, -0.2) is 0 Å². The lowest BCUT2D eigenvalue weighted by molar-refractivity contribution is 0.0588. The molecule has 1 aliphatic carbocycles. The minimum Gasteiger partial charge on any atom is -0.378 e. The summed E-state index contributed by atoms with van der Waals surface area (Å²) in [6, 6.07) is 28.1. The van der Waals surface area contributed by atoms with Crippen LogP contribution in [0, 0.1) is 12.8 Å². The molecule has 0 spiro atoms. The molecule has 3 aromatic carbocycles. The van der Waals surface area contributed by atoms with Crippen LogP contribution < -0.4 is 4.90 Å². The van der Waals surface area contributed by atoms with Gasteiger partial charge < -0.3 is 9.80 Å². The number of aryl methyl sites for hydroxylation is 1. The van der Waals surface area contributed by atoms with Gasteiger partial charge in [-0.05, 0) is 66.6 Å². The molecule has 4 nitrogen and oxygen atoms in total. The fraction of sp³-hybridized carbons (Fsp3) is 0.441. The van der Waals surface area contributed by atoms with Crippen molar-refractivity contribution in [3.63, 3.8) is 0 Å². The summed E-state index contributed by atoms with van der Waals surface area (Å²) in [5.74, 6) is 1.04. The van der Waals surface area contributed by atoms with E-state index in [1.807, 2.05) is 30.3 Å². The van der Waals surface area contributed by atoms with E-state index in [1.165, 1.54) is 41.6 Å². The van der Waals surface area contributed by atoms with Gasteiger partial charge >= 0.3 is 0 Å². The van der Waals surface area contributed by atoms with Crippen molar-refractivity contribution in [1.29, 1.82) is 0 Å². The predicted molar refractivity (Wildman–Crippen MR) is 158 cm³/mol. The van der Waals surface area contributed by atoms with Gasteiger partial charge in [0.1, 0.15) is 0 Å². The number of likely N-dealkylation sites (tertiary alicyclic amines) is 1. The largest absolute Gasteiger partial charge is 0.378 e. The van der Waals surface area contributed by atoms with E-state index in [-0.39, 0.29) is 5.91 Å². The van der Waals surface area contributed by atoms with Gasteiger partial charge in [0.2, 0.25) is 0 Å². The standard InChI is InChI=1S/C34H43N3O/c1-26-12-10-11-17-32(26)33-25-36(22-27-18-20-30(21-19-27)35(2)3)23-29(33)24-37(31-15-8-5-9-16-31)34(38)28-13-6-4-7-14-28/h4,6-7,10-14,17-21,29,31,33H,5,8-9,15-16,22-25H2,1-3H3/t29-,33+/m1/s1. The highest BCUT2D eigenvalue weighted by Gasteiger charge is 2.38. The maximum atomic E-state index is 13.9. The zero-order valence-electron chi connectivity index (χ0n) is 23.4. The minimum absolute atomic E-state index is 0.207. The number of hydrogen-bond acceptors (Lipinski definition) is 3. The molecule has 1 saturated carbocycles. The summed E-state index contributed by atoms with van der Waals surface area (Å²) in [5, 5.41) is 0. The molecule has 3 aromatic rings. The van der Waals surface area contributed by atoms with Crippen LogP contribution in [0.1, 0.15) is 65.1 Å². The quantitative estimate of drug-likeness (QED) is 0.336. The molecule has 0 unspecified atom stereocenters. The molecule has 1 heterocycles. The molecule has 2 fully saturated rings. The topological polar surface area (TPSA) is 26.8 Å². The monoisotopic (exact) mass is 509 g/mol. The van der Waals surface area contributed by atoms with E-state index in [1.54, 1.807) is 0 Å². The average Bonchev–Trinajstić information content (AvgIpc) is 3.34. The lowest BCUT2D eigenvalue weighted by Crippen LogP contribution is -2.45. The summed E-state index contributed by atoms with van der Waals surface area (Å²) in [6.07, 6.45) is 6.00. The van der Waals surface area contributed by atoms with Crippen LogP contribution in [-0.2, 0) is 6.54 Å². The van der Waals surface area contributed by atoms with Crippen molar-refractivity contribution >= 4 is 11.6 Å². The highest BCUT2D eigenvalue weighted by atomic mass is 16.2.